The molecule has 0 aliphatic heterocycles. The summed E-state index contributed by atoms with van der Waals surface area (Å²) in [5.41, 5.74) is 5.07. The molecule has 0 saturated heterocycles. The van der Waals surface area contributed by atoms with Gasteiger partial charge in [0.05, 0.1) is 6.61 Å². The van der Waals surface area contributed by atoms with Crippen LogP contribution in [0.4, 0.5) is 0 Å². The molecule has 1 aliphatic rings. The van der Waals surface area contributed by atoms with Gasteiger partial charge in [0.2, 0.25) is 0 Å². The normalized spacial score (nSPS) is 14.3. The number of allylic oxidation sites excluding steroid dienone is 1. The molecule has 12 heavy (non-hydrogen) atoms. The number of fused-ring (bicyclic) bond motifs is 1. The zero-order valence-electron chi connectivity index (χ0n) is 7.17. The van der Waals surface area contributed by atoms with Crippen molar-refractivity contribution in [1.29, 1.82) is 0 Å². The fraction of sp³-hybridized carbons (Fsp3) is 0.273. The molecule has 1 heteroatoms. The lowest BCUT2D eigenvalue weighted by Crippen LogP contribution is -1.87. The molecule has 0 radical (unpaired) electrons. The summed E-state index contributed by atoms with van der Waals surface area (Å²) in [6.07, 6.45) is 3.25. The minimum atomic E-state index is 0.145. The molecule has 62 valence electrons. The van der Waals surface area contributed by atoms with E-state index >= 15 is 0 Å². The van der Waals surface area contributed by atoms with Crippen LogP contribution in [-0.4, -0.2) is 5.11 Å². The van der Waals surface area contributed by atoms with Crippen molar-refractivity contribution in [2.24, 2.45) is 0 Å². The summed E-state index contributed by atoms with van der Waals surface area (Å²) in [6.45, 7) is 2.28. The first-order valence-electron chi connectivity index (χ1n) is 4.19. The van der Waals surface area contributed by atoms with E-state index in [0.29, 0.717) is 0 Å². The molecule has 0 bridgehead atoms. The maximum atomic E-state index is 8.92. The second kappa shape index (κ2) is 2.76. The Hall–Kier alpha value is -1.08. The Kier molecular flexibility index (Phi) is 1.74. The van der Waals surface area contributed by atoms with Gasteiger partial charge in [-0.05, 0) is 30.0 Å². The van der Waals surface area contributed by atoms with Crippen molar-refractivity contribution in [3.63, 3.8) is 0 Å². The molecule has 0 unspecified atom stereocenters. The van der Waals surface area contributed by atoms with Crippen molar-refractivity contribution in [2.45, 2.75) is 20.0 Å². The van der Waals surface area contributed by atoms with Crippen molar-refractivity contribution in [1.82, 2.24) is 0 Å². The van der Waals surface area contributed by atoms with Crippen LogP contribution in [0.25, 0.3) is 6.08 Å². The third-order valence-corrected chi connectivity index (χ3v) is 2.26. The molecule has 1 N–H and O–H groups in total. The van der Waals surface area contributed by atoms with Crippen molar-refractivity contribution in [3.8, 4) is 0 Å². The molecule has 1 aliphatic carbocycles. The number of aliphatic hydroxyl groups excluding tert-OH is 1. The summed E-state index contributed by atoms with van der Waals surface area (Å²) < 4.78 is 0. The van der Waals surface area contributed by atoms with E-state index in [2.05, 4.69) is 25.1 Å². The van der Waals surface area contributed by atoms with Crippen molar-refractivity contribution < 1.29 is 5.11 Å². The molecular weight excluding hydrogens is 148 g/mol. The van der Waals surface area contributed by atoms with Crippen LogP contribution in [0, 0.1) is 0 Å². The lowest BCUT2D eigenvalue weighted by atomic mass is 10.1. The molecule has 0 saturated carbocycles. The molecule has 1 aromatic carbocycles. The van der Waals surface area contributed by atoms with Crippen LogP contribution in [-0.2, 0) is 13.0 Å². The van der Waals surface area contributed by atoms with Gasteiger partial charge >= 0.3 is 0 Å². The van der Waals surface area contributed by atoms with Gasteiger partial charge in [0.15, 0.2) is 0 Å². The Morgan fingerprint density at radius 1 is 1.42 bits per heavy atom. The van der Waals surface area contributed by atoms with E-state index in [1.807, 2.05) is 6.07 Å². The van der Waals surface area contributed by atoms with Crippen LogP contribution < -0.4 is 0 Å². The Labute approximate surface area is 72.4 Å². The molecule has 0 aromatic heterocycles. The van der Waals surface area contributed by atoms with E-state index in [-0.39, 0.29) is 6.61 Å². The minimum Gasteiger partial charge on any atom is -0.392 e. The molecule has 2 rings (SSSR count). The van der Waals surface area contributed by atoms with Gasteiger partial charge < -0.3 is 5.11 Å². The maximum absolute atomic E-state index is 8.92. The van der Waals surface area contributed by atoms with Gasteiger partial charge in [0.25, 0.3) is 0 Å². The van der Waals surface area contributed by atoms with E-state index in [1.165, 1.54) is 16.7 Å². The first kappa shape index (κ1) is 7.56. The van der Waals surface area contributed by atoms with Crippen LogP contribution in [0.3, 0.4) is 0 Å². The fourth-order valence-electron chi connectivity index (χ4n) is 1.67. The summed E-state index contributed by atoms with van der Waals surface area (Å²) in [6, 6.07) is 6.15. The van der Waals surface area contributed by atoms with Gasteiger partial charge in [-0.15, -0.1) is 0 Å². The van der Waals surface area contributed by atoms with Gasteiger partial charge in [-0.1, -0.05) is 29.8 Å². The first-order valence-corrected chi connectivity index (χ1v) is 4.19. The van der Waals surface area contributed by atoms with Crippen LogP contribution in [0.2, 0.25) is 0 Å². The molecule has 1 nitrogen and oxygen atoms in total. The SMILES string of the molecule is CC1=Cc2ccc(CO)cc2C1. The number of aliphatic hydroxyl groups is 1. The second-order valence-electron chi connectivity index (χ2n) is 3.36. The lowest BCUT2D eigenvalue weighted by Gasteiger charge is -2.00. The van der Waals surface area contributed by atoms with E-state index in [0.717, 1.165) is 12.0 Å². The standard InChI is InChI=1S/C11H12O/c1-8-4-10-3-2-9(7-12)6-11(10)5-8/h2-4,6,12H,5,7H2,1H3. The van der Waals surface area contributed by atoms with Gasteiger partial charge in [-0.2, -0.15) is 0 Å². The molecular formula is C11H12O. The topological polar surface area (TPSA) is 20.2 Å². The fourth-order valence-corrected chi connectivity index (χ4v) is 1.67. The summed E-state index contributed by atoms with van der Waals surface area (Å²) in [4.78, 5) is 0. The smallest absolute Gasteiger partial charge is 0.0681 e. The highest BCUT2D eigenvalue weighted by atomic mass is 16.3. The van der Waals surface area contributed by atoms with Crippen LogP contribution >= 0.6 is 0 Å². The first-order chi connectivity index (χ1) is 5.79. The quantitative estimate of drug-likeness (QED) is 0.667. The Balaban J connectivity index is 2.42. The Morgan fingerprint density at radius 2 is 2.25 bits per heavy atom. The minimum absolute atomic E-state index is 0.145. The van der Waals surface area contributed by atoms with Gasteiger partial charge in [-0.3, -0.25) is 0 Å². The predicted octanol–water partition coefficient (Wildman–Crippen LogP) is 2.14. The summed E-state index contributed by atoms with van der Waals surface area (Å²) in [5, 5.41) is 8.92. The number of rotatable bonds is 1. The van der Waals surface area contributed by atoms with E-state index in [4.69, 9.17) is 5.11 Å². The van der Waals surface area contributed by atoms with Crippen LogP contribution in [0.1, 0.15) is 23.6 Å². The zero-order valence-corrected chi connectivity index (χ0v) is 7.17. The van der Waals surface area contributed by atoms with Crippen LogP contribution in [0.15, 0.2) is 23.8 Å². The highest BCUT2D eigenvalue weighted by Gasteiger charge is 2.08. The number of benzene rings is 1. The Morgan fingerprint density at radius 3 is 3.00 bits per heavy atom. The van der Waals surface area contributed by atoms with Crippen molar-refractivity contribution in [2.75, 3.05) is 0 Å². The highest BCUT2D eigenvalue weighted by molar-refractivity contribution is 5.63. The zero-order chi connectivity index (χ0) is 8.55. The molecule has 0 fully saturated rings. The van der Waals surface area contributed by atoms with E-state index in [9.17, 15) is 0 Å². The van der Waals surface area contributed by atoms with Gasteiger partial charge in [0, 0.05) is 0 Å². The summed E-state index contributed by atoms with van der Waals surface area (Å²) in [5.74, 6) is 0. The summed E-state index contributed by atoms with van der Waals surface area (Å²) in [7, 11) is 0. The van der Waals surface area contributed by atoms with Gasteiger partial charge in [-0.25, -0.2) is 0 Å². The van der Waals surface area contributed by atoms with Crippen molar-refractivity contribution >= 4 is 6.08 Å². The largest absolute Gasteiger partial charge is 0.392 e. The molecule has 0 atom stereocenters. The monoisotopic (exact) mass is 160 g/mol. The third kappa shape index (κ3) is 1.16. The van der Waals surface area contributed by atoms with Crippen molar-refractivity contribution in [3.05, 3.63) is 40.5 Å². The average molecular weight is 160 g/mol. The number of hydrogen-bond acceptors (Lipinski definition) is 1. The second-order valence-corrected chi connectivity index (χ2v) is 3.36. The number of hydrogen-bond donors (Lipinski definition) is 1. The van der Waals surface area contributed by atoms with E-state index < -0.39 is 0 Å². The maximum Gasteiger partial charge on any atom is 0.0681 e. The molecule has 0 amide bonds. The third-order valence-electron chi connectivity index (χ3n) is 2.26. The highest BCUT2D eigenvalue weighted by Crippen LogP contribution is 2.25. The van der Waals surface area contributed by atoms with Crippen LogP contribution in [0.5, 0.6) is 0 Å². The predicted molar refractivity (Wildman–Crippen MR) is 49.7 cm³/mol. The molecule has 0 heterocycles. The molecule has 1 aromatic rings. The average Bonchev–Trinajstić information content (AvgIpc) is 2.43. The Bertz CT molecular complexity index is 337. The lowest BCUT2D eigenvalue weighted by molar-refractivity contribution is 0.282. The van der Waals surface area contributed by atoms with E-state index in [1.54, 1.807) is 0 Å². The van der Waals surface area contributed by atoms with Gasteiger partial charge in [0.1, 0.15) is 0 Å². The summed E-state index contributed by atoms with van der Waals surface area (Å²) >= 11 is 0. The molecule has 0 spiro atoms.